The van der Waals surface area contributed by atoms with E-state index in [1.54, 1.807) is 28.8 Å². The van der Waals surface area contributed by atoms with Crippen LogP contribution in [0.3, 0.4) is 0 Å². The van der Waals surface area contributed by atoms with Crippen LogP contribution in [0.1, 0.15) is 23.1 Å². The van der Waals surface area contributed by atoms with Crippen molar-refractivity contribution in [1.29, 1.82) is 0 Å². The van der Waals surface area contributed by atoms with Crippen LogP contribution < -0.4 is 0 Å². The van der Waals surface area contributed by atoms with Crippen LogP contribution in [-0.2, 0) is 6.42 Å². The van der Waals surface area contributed by atoms with E-state index in [4.69, 9.17) is 5.11 Å². The Kier molecular flexibility index (Phi) is 1.96. The topological polar surface area (TPSA) is 54.6 Å². The lowest BCUT2D eigenvalue weighted by atomic mass is 10.3. The van der Waals surface area contributed by atoms with E-state index in [1.807, 2.05) is 6.92 Å². The molecule has 0 bridgehead atoms. The fraction of sp³-hybridized carbons (Fsp3) is 0.200. The van der Waals surface area contributed by atoms with Gasteiger partial charge in [-0.3, -0.25) is 4.40 Å². The molecule has 0 aliphatic carbocycles. The number of rotatable bonds is 2. The summed E-state index contributed by atoms with van der Waals surface area (Å²) in [6, 6.07) is 5.06. The van der Waals surface area contributed by atoms with Crippen LogP contribution in [0.5, 0.6) is 0 Å². The van der Waals surface area contributed by atoms with Crippen molar-refractivity contribution in [3.63, 3.8) is 0 Å². The van der Waals surface area contributed by atoms with E-state index in [0.29, 0.717) is 5.65 Å². The van der Waals surface area contributed by atoms with Crippen molar-refractivity contribution in [3.8, 4) is 0 Å². The van der Waals surface area contributed by atoms with Gasteiger partial charge in [-0.15, -0.1) is 0 Å². The first kappa shape index (κ1) is 8.74. The zero-order valence-electron chi connectivity index (χ0n) is 7.77. The fourth-order valence-corrected chi connectivity index (χ4v) is 1.41. The van der Waals surface area contributed by atoms with Crippen molar-refractivity contribution in [1.82, 2.24) is 9.38 Å². The van der Waals surface area contributed by atoms with Crippen LogP contribution in [0.25, 0.3) is 5.65 Å². The highest BCUT2D eigenvalue weighted by Gasteiger charge is 2.08. The van der Waals surface area contributed by atoms with Gasteiger partial charge in [-0.05, 0) is 18.6 Å². The Bertz CT molecular complexity index is 488. The molecule has 2 aromatic rings. The molecular weight excluding hydrogens is 180 g/mol. The Balaban J connectivity index is 2.73. The van der Waals surface area contributed by atoms with Gasteiger partial charge in [-0.2, -0.15) is 0 Å². The third-order valence-electron chi connectivity index (χ3n) is 2.12. The van der Waals surface area contributed by atoms with E-state index in [-0.39, 0.29) is 5.69 Å². The van der Waals surface area contributed by atoms with E-state index in [1.165, 1.54) is 0 Å². The number of carboxylic acids is 1. The lowest BCUT2D eigenvalue weighted by Crippen LogP contribution is -2.03. The summed E-state index contributed by atoms with van der Waals surface area (Å²) < 4.78 is 1.60. The van der Waals surface area contributed by atoms with Gasteiger partial charge in [0.15, 0.2) is 0 Å². The van der Waals surface area contributed by atoms with Gasteiger partial charge < -0.3 is 5.11 Å². The highest BCUT2D eigenvalue weighted by molar-refractivity contribution is 5.86. The smallest absolute Gasteiger partial charge is 0.352 e. The number of carboxylic acid groups (broad SMARTS) is 1. The van der Waals surface area contributed by atoms with Crippen molar-refractivity contribution >= 4 is 11.6 Å². The largest absolute Gasteiger partial charge is 0.477 e. The quantitative estimate of drug-likeness (QED) is 0.782. The van der Waals surface area contributed by atoms with Gasteiger partial charge in [0.25, 0.3) is 0 Å². The predicted molar refractivity (Wildman–Crippen MR) is 51.5 cm³/mol. The Labute approximate surface area is 80.8 Å². The predicted octanol–water partition coefficient (Wildman–Crippen LogP) is 1.59. The average Bonchev–Trinajstić information content (AvgIpc) is 2.59. The Morgan fingerprint density at radius 2 is 2.36 bits per heavy atom. The van der Waals surface area contributed by atoms with Crippen molar-refractivity contribution in [2.45, 2.75) is 13.3 Å². The zero-order chi connectivity index (χ0) is 10.1. The van der Waals surface area contributed by atoms with Gasteiger partial charge in [-0.1, -0.05) is 13.0 Å². The molecule has 0 saturated heterocycles. The van der Waals surface area contributed by atoms with Gasteiger partial charge >= 0.3 is 5.97 Å². The molecule has 0 saturated carbocycles. The Morgan fingerprint density at radius 3 is 3.00 bits per heavy atom. The van der Waals surface area contributed by atoms with Gasteiger partial charge in [0, 0.05) is 6.20 Å². The number of imidazole rings is 1. The Morgan fingerprint density at radius 1 is 1.57 bits per heavy atom. The van der Waals surface area contributed by atoms with Crippen molar-refractivity contribution in [2.24, 2.45) is 0 Å². The molecule has 1 N–H and O–H groups in total. The molecule has 0 spiro atoms. The highest BCUT2D eigenvalue weighted by Crippen LogP contribution is 2.09. The maximum Gasteiger partial charge on any atom is 0.352 e. The first-order chi connectivity index (χ1) is 6.72. The summed E-state index contributed by atoms with van der Waals surface area (Å²) in [5, 5.41) is 8.92. The van der Waals surface area contributed by atoms with Crippen LogP contribution in [0, 0.1) is 0 Å². The number of aryl methyl sites for hydroxylation is 1. The van der Waals surface area contributed by atoms with Crippen molar-refractivity contribution in [3.05, 3.63) is 35.8 Å². The second-order valence-electron chi connectivity index (χ2n) is 3.03. The number of aromatic nitrogens is 2. The Hall–Kier alpha value is -1.84. The van der Waals surface area contributed by atoms with E-state index >= 15 is 0 Å². The monoisotopic (exact) mass is 190 g/mol. The van der Waals surface area contributed by atoms with Crippen molar-refractivity contribution < 1.29 is 9.90 Å². The number of hydrogen-bond acceptors (Lipinski definition) is 2. The minimum absolute atomic E-state index is 0.245. The molecule has 0 unspecified atom stereocenters. The molecule has 4 nitrogen and oxygen atoms in total. The zero-order valence-corrected chi connectivity index (χ0v) is 7.77. The number of fused-ring (bicyclic) bond motifs is 1. The third-order valence-corrected chi connectivity index (χ3v) is 2.12. The molecule has 2 heterocycles. The van der Waals surface area contributed by atoms with Crippen LogP contribution in [0.2, 0.25) is 0 Å². The van der Waals surface area contributed by atoms with Crippen LogP contribution in [-0.4, -0.2) is 20.5 Å². The normalized spacial score (nSPS) is 10.6. The van der Waals surface area contributed by atoms with Gasteiger partial charge in [0.1, 0.15) is 11.3 Å². The first-order valence-electron chi connectivity index (χ1n) is 4.42. The lowest BCUT2D eigenvalue weighted by Gasteiger charge is -1.97. The first-order valence-corrected chi connectivity index (χ1v) is 4.42. The van der Waals surface area contributed by atoms with E-state index in [9.17, 15) is 4.79 Å². The van der Waals surface area contributed by atoms with Crippen molar-refractivity contribution in [2.75, 3.05) is 0 Å². The summed E-state index contributed by atoms with van der Waals surface area (Å²) in [6.45, 7) is 1.99. The fourth-order valence-electron chi connectivity index (χ4n) is 1.41. The van der Waals surface area contributed by atoms with Crippen LogP contribution in [0.15, 0.2) is 24.4 Å². The molecule has 0 aliphatic rings. The number of nitrogens with zero attached hydrogens (tertiary/aromatic N) is 2. The van der Waals surface area contributed by atoms with E-state index in [0.717, 1.165) is 12.1 Å². The minimum atomic E-state index is -0.935. The summed E-state index contributed by atoms with van der Waals surface area (Å²) in [4.78, 5) is 15.1. The minimum Gasteiger partial charge on any atom is -0.477 e. The SMILES string of the molecule is CCc1cn2c(C(=O)O)cccc2n1. The summed E-state index contributed by atoms with van der Waals surface area (Å²) >= 11 is 0. The number of pyridine rings is 1. The molecule has 0 radical (unpaired) electrons. The second kappa shape index (κ2) is 3.14. The van der Waals surface area contributed by atoms with Gasteiger partial charge in [-0.25, -0.2) is 9.78 Å². The summed E-state index contributed by atoms with van der Waals surface area (Å²) in [7, 11) is 0. The van der Waals surface area contributed by atoms with Crippen LogP contribution >= 0.6 is 0 Å². The molecule has 14 heavy (non-hydrogen) atoms. The summed E-state index contributed by atoms with van der Waals surface area (Å²) in [6.07, 6.45) is 2.57. The molecule has 0 fully saturated rings. The molecule has 0 aliphatic heterocycles. The highest BCUT2D eigenvalue weighted by atomic mass is 16.4. The molecule has 2 rings (SSSR count). The standard InChI is InChI=1S/C10H10N2O2/c1-2-7-6-12-8(10(13)14)4-3-5-9(12)11-7/h3-6H,2H2,1H3,(H,13,14). The number of hydrogen-bond donors (Lipinski definition) is 1. The number of aromatic carboxylic acids is 1. The van der Waals surface area contributed by atoms with E-state index < -0.39 is 5.97 Å². The lowest BCUT2D eigenvalue weighted by molar-refractivity contribution is 0.0689. The molecule has 0 aromatic carbocycles. The third kappa shape index (κ3) is 1.25. The number of carbonyl (C=O) groups is 1. The van der Waals surface area contributed by atoms with E-state index in [2.05, 4.69) is 4.98 Å². The average molecular weight is 190 g/mol. The second-order valence-corrected chi connectivity index (χ2v) is 3.03. The van der Waals surface area contributed by atoms with Gasteiger partial charge in [0.05, 0.1) is 5.69 Å². The maximum absolute atomic E-state index is 10.9. The molecule has 4 heteroatoms. The molecule has 2 aromatic heterocycles. The molecule has 0 atom stereocenters. The molecular formula is C10H10N2O2. The maximum atomic E-state index is 10.9. The summed E-state index contributed by atoms with van der Waals surface area (Å²) in [5.41, 5.74) is 1.83. The summed E-state index contributed by atoms with van der Waals surface area (Å²) in [5.74, 6) is -0.935. The molecule has 72 valence electrons. The molecule has 0 amide bonds. The van der Waals surface area contributed by atoms with Gasteiger partial charge in [0.2, 0.25) is 0 Å². The van der Waals surface area contributed by atoms with Crippen LogP contribution in [0.4, 0.5) is 0 Å².